The molecule has 5 nitrogen and oxygen atoms in total. The van der Waals surface area contributed by atoms with Crippen LogP contribution in [0.3, 0.4) is 0 Å². The molecule has 5 aromatic rings. The fraction of sp³-hybridized carbons (Fsp3) is 0. The van der Waals surface area contributed by atoms with Crippen LogP contribution < -0.4 is 10.6 Å². The predicted octanol–water partition coefficient (Wildman–Crippen LogP) is 7.08. The van der Waals surface area contributed by atoms with Crippen LogP contribution in [0.4, 0.5) is 5.69 Å². The summed E-state index contributed by atoms with van der Waals surface area (Å²) < 4.78 is 6.00. The van der Waals surface area contributed by atoms with Crippen molar-refractivity contribution in [2.45, 2.75) is 0 Å². The van der Waals surface area contributed by atoms with Gasteiger partial charge < -0.3 is 9.73 Å². The number of hydrogen-bond acceptors (Lipinski definition) is 4. The zero-order chi connectivity index (χ0) is 22.9. The summed E-state index contributed by atoms with van der Waals surface area (Å²) >= 11 is 17.3. The summed E-state index contributed by atoms with van der Waals surface area (Å²) in [6.07, 6.45) is 0. The summed E-state index contributed by atoms with van der Waals surface area (Å²) in [5.41, 5.74) is 3.11. The van der Waals surface area contributed by atoms with Crippen molar-refractivity contribution in [3.63, 3.8) is 0 Å². The monoisotopic (exact) mass is 491 g/mol. The Balaban J connectivity index is 1.37. The lowest BCUT2D eigenvalue weighted by molar-refractivity contribution is 0.0978. The molecule has 0 atom stereocenters. The third-order valence-electron chi connectivity index (χ3n) is 5.07. The summed E-state index contributed by atoms with van der Waals surface area (Å²) in [6.45, 7) is 0. The Hall–Kier alpha value is -3.45. The number of benzene rings is 4. The van der Waals surface area contributed by atoms with Crippen molar-refractivity contribution in [3.05, 3.63) is 94.5 Å². The van der Waals surface area contributed by atoms with Crippen molar-refractivity contribution in [1.29, 1.82) is 0 Å². The molecule has 0 aliphatic carbocycles. The normalized spacial score (nSPS) is 11.0. The van der Waals surface area contributed by atoms with E-state index in [0.29, 0.717) is 27.7 Å². The highest BCUT2D eigenvalue weighted by Gasteiger charge is 2.14. The maximum Gasteiger partial charge on any atom is 0.258 e. The molecule has 0 fully saturated rings. The molecule has 33 heavy (non-hydrogen) atoms. The van der Waals surface area contributed by atoms with Crippen molar-refractivity contribution >= 4 is 74.0 Å². The molecule has 2 N–H and O–H groups in total. The number of oxazole rings is 1. The van der Waals surface area contributed by atoms with Gasteiger partial charge in [0, 0.05) is 16.3 Å². The number of carbonyl (C=O) groups excluding carboxylic acids is 1. The van der Waals surface area contributed by atoms with Gasteiger partial charge in [0.25, 0.3) is 5.91 Å². The number of hydrogen-bond donors (Lipinski definition) is 2. The Labute approximate surface area is 204 Å². The Kier molecular flexibility index (Phi) is 5.72. The van der Waals surface area contributed by atoms with Crippen LogP contribution >= 0.6 is 35.4 Å². The maximum absolute atomic E-state index is 12.5. The smallest absolute Gasteiger partial charge is 0.258 e. The SMILES string of the molecule is O=C(NC(=S)Nc1ccc2oc(-c3cccc4ccccc34)nc2c1)c1cc(Cl)ccc1Cl. The van der Waals surface area contributed by atoms with Gasteiger partial charge in [0.15, 0.2) is 10.7 Å². The minimum absolute atomic E-state index is 0.119. The number of thiocarbonyl (C=S) groups is 1. The van der Waals surface area contributed by atoms with E-state index in [0.717, 1.165) is 16.3 Å². The standard InChI is InChI=1S/C25H15Cl2N3O2S/c26-15-8-10-20(27)19(12-15)23(31)30-25(33)28-16-9-11-22-21(13-16)29-24(32-22)18-7-3-5-14-4-1-2-6-17(14)18/h1-13H,(H2,28,30,31,33). The number of carbonyl (C=O) groups is 1. The summed E-state index contributed by atoms with van der Waals surface area (Å²) in [5.74, 6) is 0.0752. The number of nitrogens with zero attached hydrogens (tertiary/aromatic N) is 1. The zero-order valence-electron chi connectivity index (χ0n) is 16.9. The van der Waals surface area contributed by atoms with Crippen LogP contribution in [0.5, 0.6) is 0 Å². The van der Waals surface area contributed by atoms with E-state index in [-0.39, 0.29) is 15.7 Å². The van der Waals surface area contributed by atoms with Crippen LogP contribution in [0, 0.1) is 0 Å². The molecule has 0 saturated heterocycles. The Morgan fingerprint density at radius 1 is 0.939 bits per heavy atom. The number of halogens is 2. The Morgan fingerprint density at radius 3 is 2.64 bits per heavy atom. The second-order valence-corrected chi connectivity index (χ2v) is 8.51. The largest absolute Gasteiger partial charge is 0.436 e. The summed E-state index contributed by atoms with van der Waals surface area (Å²) in [6, 6.07) is 24.1. The average molecular weight is 492 g/mol. The van der Waals surface area contributed by atoms with Gasteiger partial charge in [0.2, 0.25) is 5.89 Å². The number of fused-ring (bicyclic) bond motifs is 2. The maximum atomic E-state index is 12.5. The van der Waals surface area contributed by atoms with E-state index in [1.807, 2.05) is 30.3 Å². The van der Waals surface area contributed by atoms with Crippen LogP contribution in [-0.2, 0) is 0 Å². The highest BCUT2D eigenvalue weighted by atomic mass is 35.5. The molecule has 8 heteroatoms. The fourth-order valence-corrected chi connectivity index (χ4v) is 4.12. The Morgan fingerprint density at radius 2 is 1.76 bits per heavy atom. The second-order valence-electron chi connectivity index (χ2n) is 7.26. The lowest BCUT2D eigenvalue weighted by Crippen LogP contribution is -2.34. The molecule has 4 aromatic carbocycles. The van der Waals surface area contributed by atoms with E-state index < -0.39 is 5.91 Å². The first-order valence-electron chi connectivity index (χ1n) is 9.94. The van der Waals surface area contributed by atoms with Gasteiger partial charge in [-0.3, -0.25) is 10.1 Å². The molecule has 5 rings (SSSR count). The number of rotatable bonds is 3. The molecular formula is C25H15Cl2N3O2S. The molecule has 0 spiro atoms. The van der Waals surface area contributed by atoms with Gasteiger partial charge in [-0.2, -0.15) is 0 Å². The molecular weight excluding hydrogens is 477 g/mol. The first kappa shape index (κ1) is 21.4. The first-order valence-corrected chi connectivity index (χ1v) is 11.1. The number of aromatic nitrogens is 1. The van der Waals surface area contributed by atoms with Crippen molar-refractivity contribution in [2.75, 3.05) is 5.32 Å². The molecule has 0 saturated carbocycles. The van der Waals surface area contributed by atoms with E-state index in [9.17, 15) is 4.79 Å². The second kappa shape index (κ2) is 8.83. The summed E-state index contributed by atoms with van der Waals surface area (Å²) in [5, 5.41) is 8.58. The number of anilines is 1. The van der Waals surface area contributed by atoms with Crippen LogP contribution in [0.1, 0.15) is 10.4 Å². The van der Waals surface area contributed by atoms with Crippen molar-refractivity contribution in [1.82, 2.24) is 10.3 Å². The van der Waals surface area contributed by atoms with Gasteiger partial charge in [-0.15, -0.1) is 0 Å². The molecule has 0 aliphatic rings. The average Bonchev–Trinajstić information content (AvgIpc) is 3.23. The summed E-state index contributed by atoms with van der Waals surface area (Å²) in [4.78, 5) is 17.2. The highest BCUT2D eigenvalue weighted by Crippen LogP contribution is 2.31. The molecule has 162 valence electrons. The van der Waals surface area contributed by atoms with Gasteiger partial charge in [0.05, 0.1) is 10.6 Å². The van der Waals surface area contributed by atoms with Crippen molar-refractivity contribution in [3.8, 4) is 11.5 Å². The molecule has 1 amide bonds. The van der Waals surface area contributed by atoms with E-state index in [1.165, 1.54) is 6.07 Å². The number of amides is 1. The van der Waals surface area contributed by atoms with Crippen molar-refractivity contribution in [2.24, 2.45) is 0 Å². The van der Waals surface area contributed by atoms with Crippen LogP contribution in [-0.4, -0.2) is 16.0 Å². The van der Waals surface area contributed by atoms with Crippen LogP contribution in [0.15, 0.2) is 83.3 Å². The highest BCUT2D eigenvalue weighted by molar-refractivity contribution is 7.80. The molecule has 1 aromatic heterocycles. The lowest BCUT2D eigenvalue weighted by Gasteiger charge is -2.10. The van der Waals surface area contributed by atoms with Crippen LogP contribution in [0.25, 0.3) is 33.3 Å². The van der Waals surface area contributed by atoms with Crippen LogP contribution in [0.2, 0.25) is 10.0 Å². The van der Waals surface area contributed by atoms with Crippen molar-refractivity contribution < 1.29 is 9.21 Å². The van der Waals surface area contributed by atoms with Gasteiger partial charge >= 0.3 is 0 Å². The van der Waals surface area contributed by atoms with Gasteiger partial charge in [-0.05, 0) is 65.5 Å². The molecule has 0 aliphatic heterocycles. The fourth-order valence-electron chi connectivity index (χ4n) is 3.54. The van der Waals surface area contributed by atoms with Gasteiger partial charge in [-0.25, -0.2) is 4.98 Å². The third-order valence-corrected chi connectivity index (χ3v) is 5.83. The summed E-state index contributed by atoms with van der Waals surface area (Å²) in [7, 11) is 0. The zero-order valence-corrected chi connectivity index (χ0v) is 19.3. The van der Waals surface area contributed by atoms with Gasteiger partial charge in [-0.1, -0.05) is 59.6 Å². The minimum atomic E-state index is -0.458. The topological polar surface area (TPSA) is 67.2 Å². The minimum Gasteiger partial charge on any atom is -0.436 e. The van der Waals surface area contributed by atoms with E-state index in [2.05, 4.69) is 27.8 Å². The van der Waals surface area contributed by atoms with E-state index >= 15 is 0 Å². The Bertz CT molecular complexity index is 1540. The first-order chi connectivity index (χ1) is 16.0. The quantitative estimate of drug-likeness (QED) is 0.264. The lowest BCUT2D eigenvalue weighted by atomic mass is 10.0. The molecule has 0 unspecified atom stereocenters. The molecule has 0 radical (unpaired) electrons. The molecule has 1 heterocycles. The predicted molar refractivity (Wildman–Crippen MR) is 137 cm³/mol. The molecule has 0 bridgehead atoms. The number of nitrogens with one attached hydrogen (secondary N) is 2. The van der Waals surface area contributed by atoms with E-state index in [1.54, 1.807) is 30.3 Å². The van der Waals surface area contributed by atoms with Gasteiger partial charge in [0.1, 0.15) is 5.52 Å². The van der Waals surface area contributed by atoms with E-state index in [4.69, 9.17) is 39.8 Å². The third kappa shape index (κ3) is 4.41.